The fourth-order valence-corrected chi connectivity index (χ4v) is 1.52. The Morgan fingerprint density at radius 3 is 2.67 bits per heavy atom. The van der Waals surface area contributed by atoms with Crippen LogP contribution in [0.15, 0.2) is 35.9 Å². The number of hydrogen-bond donors (Lipinski definition) is 1. The van der Waals surface area contributed by atoms with Gasteiger partial charge in [0.25, 0.3) is 6.29 Å². The smallest absolute Gasteiger partial charge is 0.414 e. The summed E-state index contributed by atoms with van der Waals surface area (Å²) in [6.45, 7) is 3.47. The Morgan fingerprint density at radius 2 is 2.06 bits per heavy atom. The number of anilines is 1. The van der Waals surface area contributed by atoms with Crippen LogP contribution in [0.3, 0.4) is 0 Å². The van der Waals surface area contributed by atoms with Crippen molar-refractivity contribution in [3.8, 4) is 0 Å². The van der Waals surface area contributed by atoms with Gasteiger partial charge in [0, 0.05) is 17.3 Å². The van der Waals surface area contributed by atoms with Crippen molar-refractivity contribution in [2.24, 2.45) is 0 Å². The Morgan fingerprint density at radius 1 is 1.33 bits per heavy atom. The standard InChI is InChI=1S/C13H13NO4/c1-8-5-3-4-6-10(8)14-13(16)18-11-7-9(2)12(15)17-11/h3-7,11H,1-2H3,(H,14,16). The average Bonchev–Trinajstić information content (AvgIpc) is 2.61. The maximum atomic E-state index is 11.6. The summed E-state index contributed by atoms with van der Waals surface area (Å²) in [6.07, 6.45) is -0.144. The summed E-state index contributed by atoms with van der Waals surface area (Å²) in [6, 6.07) is 7.31. The summed E-state index contributed by atoms with van der Waals surface area (Å²) in [5, 5.41) is 2.59. The van der Waals surface area contributed by atoms with Crippen molar-refractivity contribution in [2.45, 2.75) is 20.1 Å². The number of rotatable bonds is 2. The third-order valence-electron chi connectivity index (χ3n) is 2.54. The molecule has 1 aromatic rings. The van der Waals surface area contributed by atoms with Crippen LogP contribution in [0.2, 0.25) is 0 Å². The topological polar surface area (TPSA) is 64.6 Å². The van der Waals surface area contributed by atoms with E-state index in [1.807, 2.05) is 25.1 Å². The van der Waals surface area contributed by atoms with Crippen molar-refractivity contribution in [3.63, 3.8) is 0 Å². The van der Waals surface area contributed by atoms with Gasteiger partial charge in [0.1, 0.15) is 0 Å². The Balaban J connectivity index is 1.94. The van der Waals surface area contributed by atoms with Crippen LogP contribution in [0, 0.1) is 6.92 Å². The Hall–Kier alpha value is -2.30. The predicted octanol–water partition coefficient (Wildman–Crippen LogP) is 2.37. The Kier molecular flexibility index (Phi) is 3.32. The van der Waals surface area contributed by atoms with Gasteiger partial charge in [-0.15, -0.1) is 0 Å². The van der Waals surface area contributed by atoms with Crippen LogP contribution in [0.25, 0.3) is 0 Å². The largest absolute Gasteiger partial charge is 0.418 e. The summed E-state index contributed by atoms with van der Waals surface area (Å²) in [4.78, 5) is 22.7. The van der Waals surface area contributed by atoms with Crippen LogP contribution in [0.4, 0.5) is 10.5 Å². The lowest BCUT2D eigenvalue weighted by Gasteiger charge is -2.12. The number of esters is 1. The number of para-hydroxylation sites is 1. The minimum atomic E-state index is -0.943. The van der Waals surface area contributed by atoms with E-state index in [9.17, 15) is 9.59 Å². The zero-order valence-electron chi connectivity index (χ0n) is 10.1. The van der Waals surface area contributed by atoms with Crippen molar-refractivity contribution >= 4 is 17.7 Å². The van der Waals surface area contributed by atoms with E-state index in [0.717, 1.165) is 5.56 Å². The molecule has 94 valence electrons. The molecule has 1 unspecified atom stereocenters. The molecule has 0 saturated heterocycles. The van der Waals surface area contributed by atoms with E-state index in [1.54, 1.807) is 13.0 Å². The van der Waals surface area contributed by atoms with E-state index >= 15 is 0 Å². The molecule has 1 atom stereocenters. The number of carbonyl (C=O) groups is 2. The van der Waals surface area contributed by atoms with Crippen molar-refractivity contribution < 1.29 is 19.1 Å². The van der Waals surface area contributed by atoms with Gasteiger partial charge in [-0.25, -0.2) is 9.59 Å². The summed E-state index contributed by atoms with van der Waals surface area (Å²) in [7, 11) is 0. The molecule has 1 aliphatic heterocycles. The molecule has 0 saturated carbocycles. The monoisotopic (exact) mass is 247 g/mol. The molecule has 0 radical (unpaired) electrons. The highest BCUT2D eigenvalue weighted by atomic mass is 16.7. The molecule has 0 fully saturated rings. The van der Waals surface area contributed by atoms with E-state index in [1.165, 1.54) is 6.08 Å². The van der Waals surface area contributed by atoms with Crippen LogP contribution >= 0.6 is 0 Å². The number of carbonyl (C=O) groups excluding carboxylic acids is 2. The quantitative estimate of drug-likeness (QED) is 0.815. The molecular formula is C13H13NO4. The molecule has 0 aromatic heterocycles. The highest BCUT2D eigenvalue weighted by Gasteiger charge is 2.25. The zero-order chi connectivity index (χ0) is 13.1. The minimum absolute atomic E-state index is 0.434. The number of amides is 1. The summed E-state index contributed by atoms with van der Waals surface area (Å²) < 4.78 is 9.74. The molecule has 1 amide bonds. The number of benzene rings is 1. The third kappa shape index (κ3) is 2.68. The SMILES string of the molecule is CC1=CC(OC(=O)Nc2ccccc2C)OC1=O. The van der Waals surface area contributed by atoms with E-state index < -0.39 is 18.4 Å². The molecule has 0 aliphatic carbocycles. The fourth-order valence-electron chi connectivity index (χ4n) is 1.52. The molecule has 0 spiro atoms. The van der Waals surface area contributed by atoms with Gasteiger partial charge >= 0.3 is 12.1 Å². The highest BCUT2D eigenvalue weighted by molar-refractivity contribution is 5.91. The van der Waals surface area contributed by atoms with E-state index in [0.29, 0.717) is 11.3 Å². The fraction of sp³-hybridized carbons (Fsp3) is 0.231. The first-order valence-corrected chi connectivity index (χ1v) is 5.49. The van der Waals surface area contributed by atoms with Crippen molar-refractivity contribution in [1.29, 1.82) is 0 Å². The number of aryl methyl sites for hydroxylation is 1. The molecule has 1 aromatic carbocycles. The van der Waals surface area contributed by atoms with Crippen molar-refractivity contribution in [1.82, 2.24) is 0 Å². The molecule has 18 heavy (non-hydrogen) atoms. The van der Waals surface area contributed by atoms with Gasteiger partial charge in [0.2, 0.25) is 0 Å². The Bertz CT molecular complexity index is 521. The molecule has 2 rings (SSSR count). The normalized spacial score (nSPS) is 18.0. The van der Waals surface area contributed by atoms with Crippen LogP contribution in [0.5, 0.6) is 0 Å². The lowest BCUT2D eigenvalue weighted by Crippen LogP contribution is -2.22. The first kappa shape index (κ1) is 12.2. The first-order valence-electron chi connectivity index (χ1n) is 5.49. The third-order valence-corrected chi connectivity index (χ3v) is 2.54. The zero-order valence-corrected chi connectivity index (χ0v) is 10.1. The lowest BCUT2D eigenvalue weighted by molar-refractivity contribution is -0.150. The van der Waals surface area contributed by atoms with Gasteiger partial charge in [-0.2, -0.15) is 0 Å². The van der Waals surface area contributed by atoms with Gasteiger partial charge in [-0.1, -0.05) is 18.2 Å². The summed E-state index contributed by atoms with van der Waals surface area (Å²) in [5.41, 5.74) is 2.01. The van der Waals surface area contributed by atoms with Gasteiger partial charge in [-0.3, -0.25) is 5.32 Å². The second-order valence-electron chi connectivity index (χ2n) is 3.97. The van der Waals surface area contributed by atoms with E-state index in [4.69, 9.17) is 9.47 Å². The average molecular weight is 247 g/mol. The van der Waals surface area contributed by atoms with Gasteiger partial charge in [0.15, 0.2) is 0 Å². The maximum absolute atomic E-state index is 11.6. The second kappa shape index (κ2) is 4.91. The number of nitrogens with one attached hydrogen (secondary N) is 1. The molecule has 1 N–H and O–H groups in total. The first-order chi connectivity index (χ1) is 8.56. The number of ether oxygens (including phenoxy) is 2. The molecule has 1 aliphatic rings. The van der Waals surface area contributed by atoms with Gasteiger partial charge in [-0.05, 0) is 25.5 Å². The summed E-state index contributed by atoms with van der Waals surface area (Å²) in [5.74, 6) is -0.469. The molecular weight excluding hydrogens is 234 g/mol. The predicted molar refractivity (Wildman–Crippen MR) is 64.9 cm³/mol. The maximum Gasteiger partial charge on any atom is 0.414 e. The molecule has 1 heterocycles. The second-order valence-corrected chi connectivity index (χ2v) is 3.97. The van der Waals surface area contributed by atoms with Crippen LogP contribution in [-0.4, -0.2) is 18.4 Å². The van der Waals surface area contributed by atoms with Crippen LogP contribution < -0.4 is 5.32 Å². The molecule has 5 nitrogen and oxygen atoms in total. The molecule has 0 bridgehead atoms. The Labute approximate surface area is 104 Å². The van der Waals surface area contributed by atoms with Crippen molar-refractivity contribution in [3.05, 3.63) is 41.5 Å². The molecule has 5 heteroatoms. The van der Waals surface area contributed by atoms with Gasteiger partial charge < -0.3 is 9.47 Å². The van der Waals surface area contributed by atoms with Crippen molar-refractivity contribution in [2.75, 3.05) is 5.32 Å². The highest BCUT2D eigenvalue weighted by Crippen LogP contribution is 2.16. The van der Waals surface area contributed by atoms with Crippen LogP contribution in [-0.2, 0) is 14.3 Å². The minimum Gasteiger partial charge on any atom is -0.418 e. The number of hydrogen-bond acceptors (Lipinski definition) is 4. The lowest BCUT2D eigenvalue weighted by atomic mass is 10.2. The number of cyclic esters (lactones) is 1. The summed E-state index contributed by atoms with van der Waals surface area (Å²) >= 11 is 0. The van der Waals surface area contributed by atoms with Gasteiger partial charge in [0.05, 0.1) is 0 Å². The van der Waals surface area contributed by atoms with E-state index in [2.05, 4.69) is 5.32 Å². The van der Waals surface area contributed by atoms with Crippen LogP contribution in [0.1, 0.15) is 12.5 Å². The van der Waals surface area contributed by atoms with E-state index in [-0.39, 0.29) is 0 Å².